The van der Waals surface area contributed by atoms with E-state index in [2.05, 4.69) is 31.3 Å². The van der Waals surface area contributed by atoms with Gasteiger partial charge in [0.15, 0.2) is 0 Å². The number of nitrogens with one attached hydrogen (secondary N) is 1. The van der Waals surface area contributed by atoms with Crippen LogP contribution in [0.3, 0.4) is 0 Å². The summed E-state index contributed by atoms with van der Waals surface area (Å²) in [5.74, 6) is 0.370. The van der Waals surface area contributed by atoms with Crippen molar-refractivity contribution in [3.8, 4) is 23.2 Å². The first-order chi connectivity index (χ1) is 16.3. The summed E-state index contributed by atoms with van der Waals surface area (Å²) >= 11 is 0. The summed E-state index contributed by atoms with van der Waals surface area (Å²) < 4.78 is 6.79. The van der Waals surface area contributed by atoms with Crippen LogP contribution in [-0.4, -0.2) is 31.6 Å². The van der Waals surface area contributed by atoms with Crippen molar-refractivity contribution in [3.63, 3.8) is 0 Å². The van der Waals surface area contributed by atoms with Crippen molar-refractivity contribution in [2.75, 3.05) is 18.2 Å². The van der Waals surface area contributed by atoms with Crippen molar-refractivity contribution in [3.05, 3.63) is 64.5 Å². The van der Waals surface area contributed by atoms with Gasteiger partial charge in [-0.1, -0.05) is 18.2 Å². The second-order valence-corrected chi connectivity index (χ2v) is 8.03. The van der Waals surface area contributed by atoms with E-state index in [1.54, 1.807) is 17.0 Å². The Hall–Kier alpha value is -4.52. The summed E-state index contributed by atoms with van der Waals surface area (Å²) in [5, 5.41) is 14.0. The van der Waals surface area contributed by atoms with Crippen molar-refractivity contribution in [1.82, 2.24) is 24.5 Å². The fraction of sp³-hybridized carbons (Fsp3) is 0.250. The lowest BCUT2D eigenvalue weighted by Gasteiger charge is -2.24. The Morgan fingerprint density at radius 3 is 2.53 bits per heavy atom. The highest BCUT2D eigenvalue weighted by atomic mass is 16.5. The third kappa shape index (κ3) is 4.11. The van der Waals surface area contributed by atoms with Gasteiger partial charge in [0.1, 0.15) is 17.5 Å². The van der Waals surface area contributed by atoms with Gasteiger partial charge in [-0.15, -0.1) is 0 Å². The number of benzene rings is 1. The largest absolute Gasteiger partial charge is 0.467 e. The maximum absolute atomic E-state index is 13.8. The SMILES string of the molecule is COc1ncc(-c2cccc3cc([C@H](C)Nc4nc(N)ncc4C#N)n(C(C)C)c(=O)c23)cn1. The highest BCUT2D eigenvalue weighted by Crippen LogP contribution is 2.30. The Kier molecular flexibility index (Phi) is 6.10. The van der Waals surface area contributed by atoms with Crippen LogP contribution in [0.15, 0.2) is 47.7 Å². The van der Waals surface area contributed by atoms with E-state index in [0.29, 0.717) is 16.8 Å². The van der Waals surface area contributed by atoms with Gasteiger partial charge < -0.3 is 20.4 Å². The summed E-state index contributed by atoms with van der Waals surface area (Å²) in [4.78, 5) is 30.2. The molecule has 3 aromatic heterocycles. The van der Waals surface area contributed by atoms with E-state index in [9.17, 15) is 10.1 Å². The average Bonchev–Trinajstić information content (AvgIpc) is 2.83. The van der Waals surface area contributed by atoms with Crippen molar-refractivity contribution in [1.29, 1.82) is 5.26 Å². The maximum atomic E-state index is 13.8. The smallest absolute Gasteiger partial charge is 0.316 e. The minimum absolute atomic E-state index is 0.0554. The first kappa shape index (κ1) is 22.7. The molecular weight excluding hydrogens is 432 g/mol. The Labute approximate surface area is 196 Å². The van der Waals surface area contributed by atoms with Crippen molar-refractivity contribution >= 4 is 22.5 Å². The number of pyridine rings is 1. The van der Waals surface area contributed by atoms with E-state index in [0.717, 1.165) is 16.6 Å². The number of anilines is 2. The first-order valence-electron chi connectivity index (χ1n) is 10.7. The van der Waals surface area contributed by atoms with Crippen LogP contribution < -0.4 is 21.3 Å². The van der Waals surface area contributed by atoms with Crippen molar-refractivity contribution < 1.29 is 4.74 Å². The summed E-state index contributed by atoms with van der Waals surface area (Å²) in [6, 6.07) is 9.48. The lowest BCUT2D eigenvalue weighted by atomic mass is 9.99. The number of nitriles is 1. The number of ether oxygens (including phenoxy) is 1. The fourth-order valence-corrected chi connectivity index (χ4v) is 3.93. The minimum atomic E-state index is -0.353. The number of rotatable bonds is 6. The number of fused-ring (bicyclic) bond motifs is 1. The monoisotopic (exact) mass is 456 g/mol. The molecule has 0 unspecified atom stereocenters. The molecule has 0 amide bonds. The molecule has 0 aliphatic rings. The average molecular weight is 457 g/mol. The van der Waals surface area contributed by atoms with E-state index in [1.165, 1.54) is 13.3 Å². The van der Waals surface area contributed by atoms with Gasteiger partial charge in [-0.3, -0.25) is 4.79 Å². The molecule has 0 bridgehead atoms. The molecular formula is C24H24N8O2. The highest BCUT2D eigenvalue weighted by molar-refractivity contribution is 5.96. The van der Waals surface area contributed by atoms with Gasteiger partial charge in [-0.2, -0.15) is 10.2 Å². The third-order valence-electron chi connectivity index (χ3n) is 5.47. The Morgan fingerprint density at radius 2 is 1.88 bits per heavy atom. The standard InChI is InChI=1S/C24H24N8O2/c1-13(2)32-19(14(3)30-21-16(9-25)10-27-23(26)31-21)8-15-6-5-7-18(20(15)22(32)33)17-11-28-24(34-4)29-12-17/h5-8,10-14H,1-4H3,(H3,26,27,30,31)/t14-/m0/s1. The van der Waals surface area contributed by atoms with Crippen molar-refractivity contribution in [2.24, 2.45) is 0 Å². The molecule has 0 aliphatic carbocycles. The molecule has 10 heteroatoms. The van der Waals surface area contributed by atoms with Crippen LogP contribution in [0.25, 0.3) is 21.9 Å². The van der Waals surface area contributed by atoms with Crippen LogP contribution in [0.5, 0.6) is 6.01 Å². The first-order valence-corrected chi connectivity index (χ1v) is 10.7. The predicted molar refractivity (Wildman–Crippen MR) is 129 cm³/mol. The number of nitrogen functional groups attached to an aromatic ring is 1. The molecule has 172 valence electrons. The van der Waals surface area contributed by atoms with Crippen molar-refractivity contribution in [2.45, 2.75) is 32.9 Å². The second-order valence-electron chi connectivity index (χ2n) is 8.03. The van der Waals surface area contributed by atoms with Gasteiger partial charge in [0.2, 0.25) is 5.95 Å². The normalized spacial score (nSPS) is 11.9. The van der Waals surface area contributed by atoms with Gasteiger partial charge in [0.25, 0.3) is 5.56 Å². The summed E-state index contributed by atoms with van der Waals surface area (Å²) in [6.45, 7) is 5.80. The number of nitrogens with zero attached hydrogens (tertiary/aromatic N) is 6. The Bertz CT molecular complexity index is 1460. The fourth-order valence-electron chi connectivity index (χ4n) is 3.93. The molecule has 34 heavy (non-hydrogen) atoms. The molecule has 1 aromatic carbocycles. The Balaban J connectivity index is 1.87. The molecule has 0 fully saturated rings. The maximum Gasteiger partial charge on any atom is 0.316 e. The van der Waals surface area contributed by atoms with E-state index < -0.39 is 0 Å². The van der Waals surface area contributed by atoms with Gasteiger partial charge in [0, 0.05) is 29.7 Å². The molecule has 0 aliphatic heterocycles. The zero-order chi connectivity index (χ0) is 24.4. The van der Waals surface area contributed by atoms with Gasteiger partial charge >= 0.3 is 6.01 Å². The lowest BCUT2D eigenvalue weighted by Crippen LogP contribution is -2.28. The molecule has 0 saturated heterocycles. The van der Waals surface area contributed by atoms with Crippen LogP contribution >= 0.6 is 0 Å². The van der Waals surface area contributed by atoms with Crippen LogP contribution in [0.4, 0.5) is 11.8 Å². The predicted octanol–water partition coefficient (Wildman–Crippen LogP) is 3.46. The minimum Gasteiger partial charge on any atom is -0.467 e. The van der Waals surface area contributed by atoms with Gasteiger partial charge in [-0.05, 0) is 37.8 Å². The lowest BCUT2D eigenvalue weighted by molar-refractivity contribution is 0.380. The molecule has 0 spiro atoms. The van der Waals surface area contributed by atoms with Crippen LogP contribution in [-0.2, 0) is 0 Å². The molecule has 3 N–H and O–H groups in total. The summed E-state index contributed by atoms with van der Waals surface area (Å²) in [5.41, 5.74) is 8.05. The second kappa shape index (κ2) is 9.15. The zero-order valence-electron chi connectivity index (χ0n) is 19.3. The van der Waals surface area contributed by atoms with E-state index in [4.69, 9.17) is 10.5 Å². The van der Waals surface area contributed by atoms with Crippen LogP contribution in [0, 0.1) is 11.3 Å². The summed E-state index contributed by atoms with van der Waals surface area (Å²) in [6.07, 6.45) is 4.65. The molecule has 10 nitrogen and oxygen atoms in total. The number of aromatic nitrogens is 5. The van der Waals surface area contributed by atoms with E-state index in [1.807, 2.05) is 45.0 Å². The third-order valence-corrected chi connectivity index (χ3v) is 5.47. The summed E-state index contributed by atoms with van der Waals surface area (Å²) in [7, 11) is 1.50. The van der Waals surface area contributed by atoms with Gasteiger partial charge in [-0.25, -0.2) is 15.0 Å². The number of hydrogen-bond acceptors (Lipinski definition) is 9. The van der Waals surface area contributed by atoms with E-state index in [-0.39, 0.29) is 35.2 Å². The van der Waals surface area contributed by atoms with Crippen LogP contribution in [0.2, 0.25) is 0 Å². The molecule has 3 heterocycles. The number of nitrogens with two attached hydrogens (primary N) is 1. The van der Waals surface area contributed by atoms with Crippen LogP contribution in [0.1, 0.15) is 44.1 Å². The topological polar surface area (TPSA) is 145 Å². The molecule has 4 rings (SSSR count). The number of methoxy groups -OCH3 is 1. The van der Waals surface area contributed by atoms with E-state index >= 15 is 0 Å². The van der Waals surface area contributed by atoms with Gasteiger partial charge in [0.05, 0.1) is 24.7 Å². The molecule has 0 radical (unpaired) electrons. The Morgan fingerprint density at radius 1 is 1.15 bits per heavy atom. The zero-order valence-corrected chi connectivity index (χ0v) is 19.3. The molecule has 4 aromatic rings. The number of hydrogen-bond donors (Lipinski definition) is 2. The molecule has 1 atom stereocenters. The highest BCUT2D eigenvalue weighted by Gasteiger charge is 2.20. The molecule has 0 saturated carbocycles. The quantitative estimate of drug-likeness (QED) is 0.445.